The number of methoxy groups -OCH3 is 1. The van der Waals surface area contributed by atoms with E-state index in [-0.39, 0.29) is 13.2 Å². The van der Waals surface area contributed by atoms with Crippen LogP contribution in [0.2, 0.25) is 0 Å². The first-order valence-corrected chi connectivity index (χ1v) is 6.27. The van der Waals surface area contributed by atoms with Crippen LogP contribution in [0.15, 0.2) is 0 Å². The first-order chi connectivity index (χ1) is 9.45. The van der Waals surface area contributed by atoms with E-state index in [0.717, 1.165) is 0 Å². The van der Waals surface area contributed by atoms with Gasteiger partial charge in [-0.3, -0.25) is 0 Å². The van der Waals surface area contributed by atoms with Gasteiger partial charge in [0, 0.05) is 7.11 Å². The zero-order valence-electron chi connectivity index (χ0n) is 10.9. The second-order valence-corrected chi connectivity index (χ2v) is 4.85. The number of ether oxygens (including phenoxy) is 4. The molecule has 2 rings (SSSR count). The molecule has 0 aromatic rings. The van der Waals surface area contributed by atoms with Gasteiger partial charge in [0.05, 0.1) is 13.2 Å². The fourth-order valence-corrected chi connectivity index (χ4v) is 2.20. The number of aliphatic hydroxyl groups is 5. The highest BCUT2D eigenvalue weighted by atomic mass is 16.7. The van der Waals surface area contributed by atoms with Gasteiger partial charge in [-0.2, -0.15) is 0 Å². The molecule has 0 saturated carbocycles. The van der Waals surface area contributed by atoms with Crippen molar-refractivity contribution in [3.05, 3.63) is 0 Å². The molecule has 2 saturated heterocycles. The van der Waals surface area contributed by atoms with Gasteiger partial charge in [0.1, 0.15) is 36.6 Å². The predicted molar refractivity (Wildman–Crippen MR) is 61.4 cm³/mol. The summed E-state index contributed by atoms with van der Waals surface area (Å²) >= 11 is 0. The third-order valence-electron chi connectivity index (χ3n) is 3.40. The van der Waals surface area contributed by atoms with E-state index in [1.165, 1.54) is 7.11 Å². The maximum absolute atomic E-state index is 9.95. The van der Waals surface area contributed by atoms with Crippen LogP contribution >= 0.6 is 0 Å². The van der Waals surface area contributed by atoms with Gasteiger partial charge in [-0.1, -0.05) is 0 Å². The first kappa shape index (κ1) is 16.0. The largest absolute Gasteiger partial charge is 0.388 e. The Morgan fingerprint density at radius 2 is 1.40 bits per heavy atom. The fourth-order valence-electron chi connectivity index (χ4n) is 2.20. The second-order valence-electron chi connectivity index (χ2n) is 4.85. The summed E-state index contributed by atoms with van der Waals surface area (Å²) in [5, 5.41) is 48.3. The standard InChI is InChI=1S/C11H20O9/c1-17-10-8(16)9(5(13)3-18-10)20-11-7(15)6(14)4(12)2-19-11/h4-16H,2-3H2,1H3/t4-,5-,6-,7-,8+,9-,10-,11+/m0/s1. The highest BCUT2D eigenvalue weighted by Gasteiger charge is 2.45. The van der Waals surface area contributed by atoms with Crippen LogP contribution in [0.4, 0.5) is 0 Å². The van der Waals surface area contributed by atoms with E-state index in [1.807, 2.05) is 0 Å². The van der Waals surface area contributed by atoms with Gasteiger partial charge < -0.3 is 44.5 Å². The minimum absolute atomic E-state index is 0.117. The topological polar surface area (TPSA) is 138 Å². The van der Waals surface area contributed by atoms with Gasteiger partial charge in [0.2, 0.25) is 0 Å². The van der Waals surface area contributed by atoms with Crippen LogP contribution < -0.4 is 0 Å². The average Bonchev–Trinajstić information content (AvgIpc) is 2.43. The van der Waals surface area contributed by atoms with E-state index in [4.69, 9.17) is 18.9 Å². The molecule has 0 bridgehead atoms. The molecule has 2 aliphatic rings. The molecule has 20 heavy (non-hydrogen) atoms. The van der Waals surface area contributed by atoms with E-state index in [0.29, 0.717) is 0 Å². The molecule has 0 amide bonds. The van der Waals surface area contributed by atoms with Crippen LogP contribution in [0, 0.1) is 0 Å². The molecule has 118 valence electrons. The minimum Gasteiger partial charge on any atom is -0.388 e. The van der Waals surface area contributed by atoms with Gasteiger partial charge >= 0.3 is 0 Å². The van der Waals surface area contributed by atoms with Crippen molar-refractivity contribution < 1.29 is 44.5 Å². The highest BCUT2D eigenvalue weighted by molar-refractivity contribution is 4.88. The van der Waals surface area contributed by atoms with Crippen LogP contribution in [0.1, 0.15) is 0 Å². The second kappa shape index (κ2) is 6.60. The third-order valence-corrected chi connectivity index (χ3v) is 3.40. The van der Waals surface area contributed by atoms with Crippen molar-refractivity contribution in [2.45, 2.75) is 49.2 Å². The molecule has 0 aromatic carbocycles. The predicted octanol–water partition coefficient (Wildman–Crippen LogP) is -3.46. The third kappa shape index (κ3) is 3.11. The van der Waals surface area contributed by atoms with E-state index in [1.54, 1.807) is 0 Å². The summed E-state index contributed by atoms with van der Waals surface area (Å²) < 4.78 is 20.3. The van der Waals surface area contributed by atoms with Crippen molar-refractivity contribution in [2.75, 3.05) is 20.3 Å². The molecule has 2 fully saturated rings. The summed E-state index contributed by atoms with van der Waals surface area (Å²) in [5.41, 5.74) is 0. The van der Waals surface area contributed by atoms with Crippen molar-refractivity contribution in [1.29, 1.82) is 0 Å². The van der Waals surface area contributed by atoms with Crippen LogP contribution in [0.25, 0.3) is 0 Å². The van der Waals surface area contributed by atoms with Gasteiger partial charge in [0.15, 0.2) is 12.6 Å². The Labute approximate surface area is 115 Å². The first-order valence-electron chi connectivity index (χ1n) is 6.27. The average molecular weight is 296 g/mol. The zero-order chi connectivity index (χ0) is 14.9. The van der Waals surface area contributed by atoms with Gasteiger partial charge in [0.25, 0.3) is 0 Å². The number of aliphatic hydroxyl groups excluding tert-OH is 5. The molecular formula is C11H20O9. The van der Waals surface area contributed by atoms with E-state index >= 15 is 0 Å². The lowest BCUT2D eigenvalue weighted by Gasteiger charge is -2.41. The molecule has 0 spiro atoms. The quantitative estimate of drug-likeness (QED) is 0.359. The van der Waals surface area contributed by atoms with Crippen molar-refractivity contribution in [3.8, 4) is 0 Å². The van der Waals surface area contributed by atoms with Crippen molar-refractivity contribution in [1.82, 2.24) is 0 Å². The Morgan fingerprint density at radius 1 is 0.800 bits per heavy atom. The molecule has 2 aliphatic heterocycles. The normalized spacial score (nSPS) is 50.1. The lowest BCUT2D eigenvalue weighted by atomic mass is 10.0. The zero-order valence-corrected chi connectivity index (χ0v) is 10.9. The maximum Gasteiger partial charge on any atom is 0.186 e. The lowest BCUT2D eigenvalue weighted by Crippen LogP contribution is -2.60. The number of hydrogen-bond donors (Lipinski definition) is 5. The molecule has 2 heterocycles. The summed E-state index contributed by atoms with van der Waals surface area (Å²) in [5.74, 6) is 0. The number of rotatable bonds is 3. The SMILES string of the molecule is CO[C@H]1OC[C@H](O)[C@H](O[C@H]2OC[C@H](O)[C@H](O)[C@@H]2O)[C@H]1O. The van der Waals surface area contributed by atoms with Crippen LogP contribution in [-0.4, -0.2) is 95.1 Å². The lowest BCUT2D eigenvalue weighted by molar-refractivity contribution is -0.331. The molecule has 8 atom stereocenters. The Bertz CT molecular complexity index is 314. The molecular weight excluding hydrogens is 276 g/mol. The number of hydrogen-bond acceptors (Lipinski definition) is 9. The molecule has 0 aliphatic carbocycles. The molecule has 0 unspecified atom stereocenters. The molecule has 0 radical (unpaired) electrons. The minimum atomic E-state index is -1.50. The maximum atomic E-state index is 9.95. The summed E-state index contributed by atoms with van der Waals surface area (Å²) in [6, 6.07) is 0. The van der Waals surface area contributed by atoms with Crippen molar-refractivity contribution in [2.24, 2.45) is 0 Å². The Hall–Kier alpha value is -0.360. The summed E-state index contributed by atoms with van der Waals surface area (Å²) in [7, 11) is 1.33. The fraction of sp³-hybridized carbons (Fsp3) is 1.00. The van der Waals surface area contributed by atoms with E-state index < -0.39 is 49.2 Å². The van der Waals surface area contributed by atoms with Crippen molar-refractivity contribution in [3.63, 3.8) is 0 Å². The summed E-state index contributed by atoms with van der Waals surface area (Å²) in [4.78, 5) is 0. The van der Waals surface area contributed by atoms with Gasteiger partial charge in [-0.25, -0.2) is 0 Å². The molecule has 5 N–H and O–H groups in total. The van der Waals surface area contributed by atoms with Crippen LogP contribution in [-0.2, 0) is 18.9 Å². The highest BCUT2D eigenvalue weighted by Crippen LogP contribution is 2.24. The summed E-state index contributed by atoms with van der Waals surface area (Å²) in [6.07, 6.45) is -9.95. The molecule has 0 aromatic heterocycles. The van der Waals surface area contributed by atoms with Gasteiger partial charge in [-0.15, -0.1) is 0 Å². The van der Waals surface area contributed by atoms with E-state index in [2.05, 4.69) is 0 Å². The Kier molecular flexibility index (Phi) is 5.29. The smallest absolute Gasteiger partial charge is 0.186 e. The molecule has 9 nitrogen and oxygen atoms in total. The van der Waals surface area contributed by atoms with Crippen molar-refractivity contribution >= 4 is 0 Å². The Morgan fingerprint density at radius 3 is 2.05 bits per heavy atom. The monoisotopic (exact) mass is 296 g/mol. The van der Waals surface area contributed by atoms with Crippen LogP contribution in [0.3, 0.4) is 0 Å². The Balaban J connectivity index is 2.00. The molecule has 9 heteroatoms. The van der Waals surface area contributed by atoms with Gasteiger partial charge in [-0.05, 0) is 0 Å². The van der Waals surface area contributed by atoms with Crippen LogP contribution in [0.5, 0.6) is 0 Å². The summed E-state index contributed by atoms with van der Waals surface area (Å²) in [6.45, 7) is -0.347. The van der Waals surface area contributed by atoms with E-state index in [9.17, 15) is 25.5 Å².